The Labute approximate surface area is 104 Å². The van der Waals surface area contributed by atoms with Crippen molar-refractivity contribution in [2.45, 2.75) is 30.9 Å². The van der Waals surface area contributed by atoms with Crippen molar-refractivity contribution in [1.29, 1.82) is 0 Å². The molecule has 0 saturated carbocycles. The van der Waals surface area contributed by atoms with Gasteiger partial charge in [-0.2, -0.15) is 5.10 Å². The average Bonchev–Trinajstić information content (AvgIpc) is 2.78. The van der Waals surface area contributed by atoms with Crippen LogP contribution < -0.4 is 4.72 Å². The minimum Gasteiger partial charge on any atom is -0.478 e. The Bertz CT molecular complexity index is 510. The highest BCUT2D eigenvalue weighted by molar-refractivity contribution is 7.89. The van der Waals surface area contributed by atoms with Crippen molar-refractivity contribution in [2.75, 3.05) is 6.54 Å². The van der Waals surface area contributed by atoms with Crippen LogP contribution in [0, 0.1) is 0 Å². The molecule has 0 aliphatic heterocycles. The van der Waals surface area contributed by atoms with Crippen molar-refractivity contribution in [3.8, 4) is 0 Å². The van der Waals surface area contributed by atoms with Gasteiger partial charge in [0.05, 0.1) is 12.3 Å². The normalized spacial score (nSPS) is 13.4. The summed E-state index contributed by atoms with van der Waals surface area (Å²) in [6.07, 6.45) is 1.12. The first-order valence-electron chi connectivity index (χ1n) is 5.33. The summed E-state index contributed by atoms with van der Waals surface area (Å²) >= 11 is 0. The Balaban J connectivity index is 2.75. The van der Waals surface area contributed by atoms with E-state index in [1.54, 1.807) is 6.92 Å². The van der Waals surface area contributed by atoms with E-state index in [9.17, 15) is 18.3 Å². The van der Waals surface area contributed by atoms with Gasteiger partial charge in [0.2, 0.25) is 0 Å². The van der Waals surface area contributed by atoms with Crippen molar-refractivity contribution in [3.05, 3.63) is 11.8 Å². The maximum atomic E-state index is 11.8. The Morgan fingerprint density at radius 1 is 1.61 bits per heavy atom. The minimum absolute atomic E-state index is 0.0232. The molecule has 0 spiro atoms. The lowest BCUT2D eigenvalue weighted by Gasteiger charge is -2.08. The number of carboxylic acid groups (broad SMARTS) is 1. The lowest BCUT2D eigenvalue weighted by atomic mass is 10.2. The van der Waals surface area contributed by atoms with Gasteiger partial charge in [0.15, 0.2) is 5.03 Å². The third kappa shape index (κ3) is 3.52. The summed E-state index contributed by atoms with van der Waals surface area (Å²) in [5.41, 5.74) is -0.418. The Morgan fingerprint density at radius 3 is 2.83 bits per heavy atom. The molecule has 9 heteroatoms. The van der Waals surface area contributed by atoms with E-state index in [1.165, 1.54) is 0 Å². The number of nitrogens with zero attached hydrogens (tertiary/aromatic N) is 1. The summed E-state index contributed by atoms with van der Waals surface area (Å²) in [6, 6.07) is 0. The molecular weight excluding hydrogens is 262 g/mol. The highest BCUT2D eigenvalue weighted by Crippen LogP contribution is 2.11. The van der Waals surface area contributed by atoms with Crippen molar-refractivity contribution < 1.29 is 23.4 Å². The van der Waals surface area contributed by atoms with Crippen LogP contribution in [0.1, 0.15) is 30.1 Å². The fourth-order valence-electron chi connectivity index (χ4n) is 1.27. The SMILES string of the molecule is CCC(O)CCNS(=O)(=O)c1[nH]ncc1C(=O)O. The highest BCUT2D eigenvalue weighted by atomic mass is 32.2. The smallest absolute Gasteiger partial charge is 0.340 e. The summed E-state index contributed by atoms with van der Waals surface area (Å²) in [4.78, 5) is 10.8. The van der Waals surface area contributed by atoms with E-state index >= 15 is 0 Å². The number of carboxylic acids is 1. The number of sulfonamides is 1. The number of hydrogen-bond acceptors (Lipinski definition) is 5. The summed E-state index contributed by atoms with van der Waals surface area (Å²) in [6.45, 7) is 1.80. The minimum atomic E-state index is -3.96. The molecule has 0 fully saturated rings. The molecule has 0 saturated heterocycles. The van der Waals surface area contributed by atoms with Gasteiger partial charge in [0, 0.05) is 6.54 Å². The van der Waals surface area contributed by atoms with E-state index in [1.807, 2.05) is 0 Å². The second-order valence-electron chi connectivity index (χ2n) is 3.67. The molecule has 102 valence electrons. The number of hydrogen-bond donors (Lipinski definition) is 4. The Hall–Kier alpha value is -1.45. The number of H-pyrrole nitrogens is 1. The van der Waals surface area contributed by atoms with Crippen LogP contribution in [-0.2, 0) is 10.0 Å². The molecule has 1 heterocycles. The molecule has 0 radical (unpaired) electrons. The van der Waals surface area contributed by atoms with Crippen molar-refractivity contribution in [3.63, 3.8) is 0 Å². The number of aliphatic hydroxyl groups is 1. The van der Waals surface area contributed by atoms with Crippen molar-refractivity contribution in [1.82, 2.24) is 14.9 Å². The number of aromatic nitrogens is 2. The third-order valence-electron chi connectivity index (χ3n) is 2.34. The molecule has 0 aliphatic rings. The molecule has 1 rings (SSSR count). The predicted octanol–water partition coefficient (Wildman–Crippen LogP) is -0.453. The van der Waals surface area contributed by atoms with Crippen LogP contribution in [0.2, 0.25) is 0 Å². The molecule has 18 heavy (non-hydrogen) atoms. The van der Waals surface area contributed by atoms with Gasteiger partial charge in [-0.1, -0.05) is 6.92 Å². The Morgan fingerprint density at radius 2 is 2.28 bits per heavy atom. The first-order chi connectivity index (χ1) is 8.38. The summed E-state index contributed by atoms with van der Waals surface area (Å²) in [5.74, 6) is -1.38. The molecule has 0 aromatic carbocycles. The fourth-order valence-corrected chi connectivity index (χ4v) is 2.40. The zero-order chi connectivity index (χ0) is 13.8. The van der Waals surface area contributed by atoms with Crippen LogP contribution in [0.15, 0.2) is 11.2 Å². The van der Waals surface area contributed by atoms with E-state index in [-0.39, 0.29) is 13.0 Å². The summed E-state index contributed by atoms with van der Waals surface area (Å²) < 4.78 is 25.7. The monoisotopic (exact) mass is 277 g/mol. The highest BCUT2D eigenvalue weighted by Gasteiger charge is 2.24. The molecule has 4 N–H and O–H groups in total. The first-order valence-corrected chi connectivity index (χ1v) is 6.81. The number of carbonyl (C=O) groups is 1. The first kappa shape index (κ1) is 14.6. The second-order valence-corrected chi connectivity index (χ2v) is 5.37. The fraction of sp³-hybridized carbons (Fsp3) is 0.556. The van der Waals surface area contributed by atoms with Gasteiger partial charge in [0.1, 0.15) is 5.56 Å². The number of aliphatic hydroxyl groups excluding tert-OH is 1. The van der Waals surface area contributed by atoms with E-state index in [4.69, 9.17) is 5.11 Å². The van der Waals surface area contributed by atoms with Gasteiger partial charge in [0.25, 0.3) is 10.0 Å². The molecule has 0 bridgehead atoms. The van der Waals surface area contributed by atoms with Crippen LogP contribution in [0.4, 0.5) is 0 Å². The van der Waals surface area contributed by atoms with Crippen LogP contribution in [0.25, 0.3) is 0 Å². The van der Waals surface area contributed by atoms with Crippen molar-refractivity contribution >= 4 is 16.0 Å². The van der Waals surface area contributed by atoms with Gasteiger partial charge in [-0.25, -0.2) is 17.9 Å². The lowest BCUT2D eigenvalue weighted by molar-refractivity contribution is 0.0692. The van der Waals surface area contributed by atoms with Gasteiger partial charge in [-0.15, -0.1) is 0 Å². The molecular formula is C9H15N3O5S. The van der Waals surface area contributed by atoms with Gasteiger partial charge in [-0.05, 0) is 12.8 Å². The molecule has 1 aromatic rings. The maximum absolute atomic E-state index is 11.8. The van der Waals surface area contributed by atoms with Crippen LogP contribution in [0.3, 0.4) is 0 Å². The number of nitrogens with one attached hydrogen (secondary N) is 2. The molecule has 1 unspecified atom stereocenters. The van der Waals surface area contributed by atoms with Crippen LogP contribution in [-0.4, -0.2) is 47.4 Å². The molecule has 8 nitrogen and oxygen atoms in total. The molecule has 0 amide bonds. The Kier molecular flexibility index (Phi) is 4.82. The predicted molar refractivity (Wildman–Crippen MR) is 61.7 cm³/mol. The van der Waals surface area contributed by atoms with Gasteiger partial charge < -0.3 is 10.2 Å². The van der Waals surface area contributed by atoms with E-state index in [0.29, 0.717) is 6.42 Å². The van der Waals surface area contributed by atoms with E-state index in [0.717, 1.165) is 6.20 Å². The zero-order valence-corrected chi connectivity index (χ0v) is 10.6. The van der Waals surface area contributed by atoms with E-state index < -0.39 is 32.7 Å². The largest absolute Gasteiger partial charge is 0.478 e. The molecule has 0 aliphatic carbocycles. The maximum Gasteiger partial charge on any atom is 0.340 e. The lowest BCUT2D eigenvalue weighted by Crippen LogP contribution is -2.28. The number of aromatic carboxylic acids is 1. The number of aromatic amines is 1. The zero-order valence-electron chi connectivity index (χ0n) is 9.75. The summed E-state index contributed by atoms with van der Waals surface area (Å²) in [7, 11) is -3.96. The second kappa shape index (κ2) is 5.94. The van der Waals surface area contributed by atoms with E-state index in [2.05, 4.69) is 14.9 Å². The third-order valence-corrected chi connectivity index (χ3v) is 3.78. The molecule has 1 aromatic heterocycles. The average molecular weight is 277 g/mol. The van der Waals surface area contributed by atoms with Crippen LogP contribution in [0.5, 0.6) is 0 Å². The summed E-state index contributed by atoms with van der Waals surface area (Å²) in [5, 5.41) is 23.1. The standard InChI is InChI=1S/C9H15N3O5S/c1-2-6(13)3-4-11-18(16,17)8-7(9(14)15)5-10-12-8/h5-6,11,13H,2-4H2,1H3,(H,10,12)(H,14,15). The van der Waals surface area contributed by atoms with Crippen LogP contribution >= 0.6 is 0 Å². The van der Waals surface area contributed by atoms with Gasteiger partial charge in [-0.3, -0.25) is 5.10 Å². The van der Waals surface area contributed by atoms with Gasteiger partial charge >= 0.3 is 5.97 Å². The quantitative estimate of drug-likeness (QED) is 0.533. The number of rotatable bonds is 7. The molecule has 1 atom stereocenters. The topological polar surface area (TPSA) is 132 Å². The van der Waals surface area contributed by atoms with Crippen molar-refractivity contribution in [2.24, 2.45) is 0 Å².